The van der Waals surface area contributed by atoms with E-state index in [1.807, 2.05) is 0 Å². The van der Waals surface area contributed by atoms with Gasteiger partial charge in [-0.1, -0.05) is 43.5 Å². The zero-order valence-electron chi connectivity index (χ0n) is 13.1. The molecule has 21 heavy (non-hydrogen) atoms. The second-order valence-corrected chi connectivity index (χ2v) is 7.14. The number of hydrogen-bond donors (Lipinski definition) is 0. The largest absolute Gasteiger partial charge is 0.299 e. The van der Waals surface area contributed by atoms with Crippen molar-refractivity contribution in [2.75, 3.05) is 19.0 Å². The minimum absolute atomic E-state index is 0.722. The molecule has 0 amide bonds. The topological polar surface area (TPSA) is 3.24 Å². The number of halogens is 1. The van der Waals surface area contributed by atoms with Crippen LogP contribution in [0.2, 0.25) is 0 Å². The van der Waals surface area contributed by atoms with E-state index in [1.54, 1.807) is 11.1 Å². The summed E-state index contributed by atoms with van der Waals surface area (Å²) in [5, 5.41) is 0. The summed E-state index contributed by atoms with van der Waals surface area (Å²) in [4.78, 5) is 2.71. The van der Waals surface area contributed by atoms with Crippen LogP contribution in [0.25, 0.3) is 0 Å². The molecule has 2 aliphatic carbocycles. The van der Waals surface area contributed by atoms with E-state index < -0.39 is 0 Å². The minimum atomic E-state index is 0.722. The lowest BCUT2D eigenvalue weighted by molar-refractivity contribution is 0.151. The first-order valence-electron chi connectivity index (χ1n) is 8.76. The van der Waals surface area contributed by atoms with Gasteiger partial charge in [0.1, 0.15) is 0 Å². The number of rotatable bonds is 5. The highest BCUT2D eigenvalue weighted by atomic mass is 35.5. The molecule has 1 aromatic rings. The Kier molecular flexibility index (Phi) is 5.60. The Hall–Kier alpha value is -0.530. The molecule has 2 heteroatoms. The van der Waals surface area contributed by atoms with Crippen LogP contribution in [0.15, 0.2) is 24.3 Å². The first kappa shape index (κ1) is 15.4. The fourth-order valence-corrected chi connectivity index (χ4v) is 4.52. The van der Waals surface area contributed by atoms with Gasteiger partial charge in [-0.25, -0.2) is 0 Å². The highest BCUT2D eigenvalue weighted by Crippen LogP contribution is 2.33. The number of alkyl halides is 1. The summed E-state index contributed by atoms with van der Waals surface area (Å²) >= 11 is 6.09. The maximum Gasteiger partial charge on any atom is 0.0351 e. The van der Waals surface area contributed by atoms with Crippen LogP contribution in [-0.4, -0.2) is 29.9 Å². The van der Waals surface area contributed by atoms with Gasteiger partial charge in [-0.05, 0) is 49.1 Å². The predicted molar refractivity (Wildman–Crippen MR) is 91.3 cm³/mol. The van der Waals surface area contributed by atoms with Crippen LogP contribution in [0.5, 0.6) is 0 Å². The number of nitrogens with zero attached hydrogens (tertiary/aromatic N) is 1. The summed E-state index contributed by atoms with van der Waals surface area (Å²) < 4.78 is 0. The van der Waals surface area contributed by atoms with Gasteiger partial charge in [0.2, 0.25) is 0 Å². The van der Waals surface area contributed by atoms with Crippen LogP contribution < -0.4 is 0 Å². The lowest BCUT2D eigenvalue weighted by atomic mass is 9.82. The summed E-state index contributed by atoms with van der Waals surface area (Å²) in [5.41, 5.74) is 3.20. The normalized spacial score (nSPS) is 23.2. The molecule has 1 fully saturated rings. The minimum Gasteiger partial charge on any atom is -0.299 e. The van der Waals surface area contributed by atoms with E-state index >= 15 is 0 Å². The molecule has 0 heterocycles. The summed E-state index contributed by atoms with van der Waals surface area (Å²) in [6.07, 6.45) is 11.0. The zero-order chi connectivity index (χ0) is 14.5. The Labute approximate surface area is 134 Å². The lowest BCUT2D eigenvalue weighted by Gasteiger charge is -2.38. The van der Waals surface area contributed by atoms with E-state index in [1.165, 1.54) is 57.9 Å². The van der Waals surface area contributed by atoms with Crippen molar-refractivity contribution in [3.63, 3.8) is 0 Å². The maximum atomic E-state index is 6.09. The smallest absolute Gasteiger partial charge is 0.0351 e. The van der Waals surface area contributed by atoms with E-state index in [0.717, 1.165) is 24.4 Å². The Bertz CT molecular complexity index is 439. The quantitative estimate of drug-likeness (QED) is 0.693. The van der Waals surface area contributed by atoms with Crippen LogP contribution in [-0.2, 0) is 6.42 Å². The van der Waals surface area contributed by atoms with Crippen LogP contribution in [0.4, 0.5) is 0 Å². The molecule has 0 spiro atoms. The Morgan fingerprint density at radius 2 is 1.81 bits per heavy atom. The summed E-state index contributed by atoms with van der Waals surface area (Å²) in [6.45, 7) is 2.28. The highest BCUT2D eigenvalue weighted by molar-refractivity contribution is 6.18. The lowest BCUT2D eigenvalue weighted by Crippen LogP contribution is -2.41. The Morgan fingerprint density at radius 3 is 2.62 bits per heavy atom. The molecule has 1 unspecified atom stereocenters. The maximum absolute atomic E-state index is 6.09. The standard InChI is InChI=1S/C19H28ClN/c20-13-14-21(18-10-2-1-3-11-18)15-17-9-6-8-16-7-4-5-12-19(16)17/h4-5,7,12,17-18H,1-3,6,8-11,13-15H2. The van der Waals surface area contributed by atoms with Crippen molar-refractivity contribution in [2.45, 2.75) is 63.3 Å². The predicted octanol–water partition coefficient (Wildman–Crippen LogP) is 4.98. The molecule has 116 valence electrons. The van der Waals surface area contributed by atoms with Crippen molar-refractivity contribution in [3.05, 3.63) is 35.4 Å². The fraction of sp³-hybridized carbons (Fsp3) is 0.684. The van der Waals surface area contributed by atoms with Gasteiger partial charge in [0.25, 0.3) is 0 Å². The second kappa shape index (κ2) is 7.65. The number of hydrogen-bond acceptors (Lipinski definition) is 1. The molecule has 2 aliphatic rings. The van der Waals surface area contributed by atoms with Crippen LogP contribution in [0.3, 0.4) is 0 Å². The van der Waals surface area contributed by atoms with Gasteiger partial charge < -0.3 is 0 Å². The zero-order valence-corrected chi connectivity index (χ0v) is 13.8. The molecule has 1 nitrogen and oxygen atoms in total. The molecule has 1 aromatic carbocycles. The van der Waals surface area contributed by atoms with E-state index in [-0.39, 0.29) is 0 Å². The molecular weight excluding hydrogens is 278 g/mol. The van der Waals surface area contributed by atoms with Gasteiger partial charge in [0.05, 0.1) is 0 Å². The monoisotopic (exact) mass is 305 g/mol. The van der Waals surface area contributed by atoms with Crippen LogP contribution in [0, 0.1) is 0 Å². The van der Waals surface area contributed by atoms with Crippen molar-refractivity contribution in [3.8, 4) is 0 Å². The van der Waals surface area contributed by atoms with E-state index in [9.17, 15) is 0 Å². The van der Waals surface area contributed by atoms with Crippen molar-refractivity contribution >= 4 is 11.6 Å². The molecular formula is C19H28ClN. The number of fused-ring (bicyclic) bond motifs is 1. The average Bonchev–Trinajstić information content (AvgIpc) is 2.55. The summed E-state index contributed by atoms with van der Waals surface area (Å²) in [5.74, 6) is 1.49. The van der Waals surface area contributed by atoms with Gasteiger partial charge in [0, 0.05) is 25.0 Å². The molecule has 0 N–H and O–H groups in total. The Morgan fingerprint density at radius 1 is 1.00 bits per heavy atom. The molecule has 0 radical (unpaired) electrons. The number of benzene rings is 1. The molecule has 0 saturated heterocycles. The molecule has 0 aromatic heterocycles. The summed E-state index contributed by atoms with van der Waals surface area (Å²) in [6, 6.07) is 9.88. The van der Waals surface area contributed by atoms with Gasteiger partial charge >= 0.3 is 0 Å². The second-order valence-electron chi connectivity index (χ2n) is 6.76. The molecule has 1 saturated carbocycles. The van der Waals surface area contributed by atoms with Crippen molar-refractivity contribution in [1.29, 1.82) is 0 Å². The average molecular weight is 306 g/mol. The molecule has 0 aliphatic heterocycles. The van der Waals surface area contributed by atoms with E-state index in [4.69, 9.17) is 11.6 Å². The van der Waals surface area contributed by atoms with Gasteiger partial charge in [-0.15, -0.1) is 11.6 Å². The van der Waals surface area contributed by atoms with Crippen LogP contribution >= 0.6 is 11.6 Å². The third-order valence-electron chi connectivity index (χ3n) is 5.41. The SMILES string of the molecule is ClCCN(CC1CCCc2ccccc21)C1CCCCC1. The van der Waals surface area contributed by atoms with Crippen molar-refractivity contribution in [1.82, 2.24) is 4.90 Å². The first-order valence-corrected chi connectivity index (χ1v) is 9.30. The third-order valence-corrected chi connectivity index (χ3v) is 5.58. The van der Waals surface area contributed by atoms with Crippen molar-refractivity contribution < 1.29 is 0 Å². The molecule has 3 rings (SSSR count). The summed E-state index contributed by atoms with van der Waals surface area (Å²) in [7, 11) is 0. The number of aryl methyl sites for hydroxylation is 1. The first-order chi connectivity index (χ1) is 10.4. The van der Waals surface area contributed by atoms with Crippen LogP contribution in [0.1, 0.15) is 62.0 Å². The molecule has 1 atom stereocenters. The molecule has 0 bridgehead atoms. The van der Waals surface area contributed by atoms with E-state index in [0.29, 0.717) is 0 Å². The van der Waals surface area contributed by atoms with Gasteiger partial charge in [0.15, 0.2) is 0 Å². The highest BCUT2D eigenvalue weighted by Gasteiger charge is 2.26. The van der Waals surface area contributed by atoms with Gasteiger partial charge in [-0.3, -0.25) is 4.90 Å². The Balaban J connectivity index is 1.71. The fourth-order valence-electron chi connectivity index (χ4n) is 4.30. The van der Waals surface area contributed by atoms with Gasteiger partial charge in [-0.2, -0.15) is 0 Å². The van der Waals surface area contributed by atoms with Crippen molar-refractivity contribution in [2.24, 2.45) is 0 Å². The van der Waals surface area contributed by atoms with E-state index in [2.05, 4.69) is 29.2 Å². The third kappa shape index (κ3) is 3.81.